The first-order valence-electron chi connectivity index (χ1n) is 5.64. The molecule has 2 aliphatic rings. The molecule has 4 unspecified atom stereocenters. The predicted molar refractivity (Wildman–Crippen MR) is 66.3 cm³/mol. The van der Waals surface area contributed by atoms with Crippen molar-refractivity contribution in [3.8, 4) is 0 Å². The largest absolute Gasteiger partial charge is 0.0914 e. The van der Waals surface area contributed by atoms with E-state index in [4.69, 9.17) is 0 Å². The third kappa shape index (κ3) is 2.29. The molecule has 0 amide bonds. The molecule has 82 valence electrons. The van der Waals surface area contributed by atoms with Crippen LogP contribution in [0.1, 0.15) is 41.5 Å². The lowest BCUT2D eigenvalue weighted by atomic mass is 9.84. The van der Waals surface area contributed by atoms with Crippen LogP contribution in [0.5, 0.6) is 0 Å². The predicted octanol–water partition coefficient (Wildman–Crippen LogP) is 4.68. The summed E-state index contributed by atoms with van der Waals surface area (Å²) in [6.07, 6.45) is 10.8. The molecule has 1 fully saturated rings. The molecule has 0 radical (unpaired) electrons. The molecule has 2 rings (SSSR count). The Bertz CT molecular complexity index is 200. The van der Waals surface area contributed by atoms with Gasteiger partial charge in [-0.2, -0.15) is 0 Å². The molecule has 0 nitrogen and oxygen atoms in total. The summed E-state index contributed by atoms with van der Waals surface area (Å²) in [4.78, 5) is 0. The number of fused-ring (bicyclic) bond motifs is 2. The number of hydrogen-bond acceptors (Lipinski definition) is 0. The zero-order valence-electron chi connectivity index (χ0n) is 9.33. The molecule has 0 heterocycles. The Hall–Kier alpha value is -0.520. The SMILES string of the molecule is C.C/C=C\C1C2C=CC(C2)C1C.CC. The molecule has 0 saturated heterocycles. The van der Waals surface area contributed by atoms with Gasteiger partial charge in [0.2, 0.25) is 0 Å². The van der Waals surface area contributed by atoms with Crippen LogP contribution in [0.15, 0.2) is 24.3 Å². The van der Waals surface area contributed by atoms with Crippen LogP contribution in [0.25, 0.3) is 0 Å². The van der Waals surface area contributed by atoms with E-state index in [-0.39, 0.29) is 7.43 Å². The molecule has 1 saturated carbocycles. The van der Waals surface area contributed by atoms with Gasteiger partial charge < -0.3 is 0 Å². The first-order valence-corrected chi connectivity index (χ1v) is 5.64. The average molecular weight is 194 g/mol. The van der Waals surface area contributed by atoms with Crippen LogP contribution in [-0.4, -0.2) is 0 Å². The second-order valence-electron chi connectivity index (χ2n) is 3.91. The highest BCUT2D eigenvalue weighted by molar-refractivity contribution is 5.16. The summed E-state index contributed by atoms with van der Waals surface area (Å²) in [6, 6.07) is 0. The Balaban J connectivity index is 0.000000531. The van der Waals surface area contributed by atoms with Crippen molar-refractivity contribution in [2.24, 2.45) is 23.7 Å². The van der Waals surface area contributed by atoms with Gasteiger partial charge in [0.1, 0.15) is 0 Å². The Morgan fingerprint density at radius 3 is 2.14 bits per heavy atom. The summed E-state index contributed by atoms with van der Waals surface area (Å²) >= 11 is 0. The van der Waals surface area contributed by atoms with Gasteiger partial charge in [0.25, 0.3) is 0 Å². The van der Waals surface area contributed by atoms with E-state index < -0.39 is 0 Å². The van der Waals surface area contributed by atoms with E-state index in [0.29, 0.717) is 0 Å². The van der Waals surface area contributed by atoms with Crippen LogP contribution < -0.4 is 0 Å². The average Bonchev–Trinajstić information content (AvgIpc) is 2.73. The lowest BCUT2D eigenvalue weighted by Gasteiger charge is -2.21. The van der Waals surface area contributed by atoms with Crippen molar-refractivity contribution < 1.29 is 0 Å². The summed E-state index contributed by atoms with van der Waals surface area (Å²) in [5, 5.41) is 0. The van der Waals surface area contributed by atoms with Gasteiger partial charge >= 0.3 is 0 Å². The molecule has 0 N–H and O–H groups in total. The van der Waals surface area contributed by atoms with E-state index in [0.717, 1.165) is 23.7 Å². The molecule has 0 aliphatic heterocycles. The van der Waals surface area contributed by atoms with E-state index in [1.807, 2.05) is 13.8 Å². The highest BCUT2D eigenvalue weighted by atomic mass is 14.4. The first-order chi connectivity index (χ1) is 6.33. The molecular weight excluding hydrogens is 168 g/mol. The van der Waals surface area contributed by atoms with E-state index in [2.05, 4.69) is 38.2 Å². The quantitative estimate of drug-likeness (QED) is 0.531. The van der Waals surface area contributed by atoms with E-state index >= 15 is 0 Å². The molecule has 0 heteroatoms. The van der Waals surface area contributed by atoms with E-state index in [1.165, 1.54) is 6.42 Å². The Kier molecular flexibility index (Phi) is 5.83. The maximum Gasteiger partial charge on any atom is -0.0139 e. The van der Waals surface area contributed by atoms with Crippen LogP contribution in [0.2, 0.25) is 0 Å². The molecule has 4 atom stereocenters. The van der Waals surface area contributed by atoms with Gasteiger partial charge in [0.15, 0.2) is 0 Å². The maximum absolute atomic E-state index is 2.41. The minimum atomic E-state index is 0. The van der Waals surface area contributed by atoms with Crippen LogP contribution in [0.3, 0.4) is 0 Å². The van der Waals surface area contributed by atoms with Crippen molar-refractivity contribution in [3.63, 3.8) is 0 Å². The molecule has 2 aliphatic carbocycles. The normalized spacial score (nSPS) is 38.0. The van der Waals surface area contributed by atoms with Crippen molar-refractivity contribution >= 4 is 0 Å². The third-order valence-corrected chi connectivity index (χ3v) is 3.34. The van der Waals surface area contributed by atoms with Crippen molar-refractivity contribution in [1.29, 1.82) is 0 Å². The maximum atomic E-state index is 2.41. The lowest BCUT2D eigenvalue weighted by molar-refractivity contribution is 0.403. The zero-order chi connectivity index (χ0) is 9.84. The summed E-state index contributed by atoms with van der Waals surface area (Å²) in [5.41, 5.74) is 0. The van der Waals surface area contributed by atoms with Crippen LogP contribution in [0.4, 0.5) is 0 Å². The van der Waals surface area contributed by atoms with Crippen LogP contribution >= 0.6 is 0 Å². The number of allylic oxidation sites excluding steroid dienone is 4. The minimum Gasteiger partial charge on any atom is -0.0914 e. The highest BCUT2D eigenvalue weighted by Gasteiger charge is 2.39. The van der Waals surface area contributed by atoms with Gasteiger partial charge in [0, 0.05) is 0 Å². The van der Waals surface area contributed by atoms with Crippen molar-refractivity contribution in [2.75, 3.05) is 0 Å². The first kappa shape index (κ1) is 13.5. The second kappa shape index (κ2) is 6.06. The molecule has 0 aromatic heterocycles. The second-order valence-corrected chi connectivity index (χ2v) is 3.91. The Morgan fingerprint density at radius 2 is 1.71 bits per heavy atom. The van der Waals surface area contributed by atoms with Gasteiger partial charge in [-0.05, 0) is 37.0 Å². The fourth-order valence-electron chi connectivity index (χ4n) is 2.65. The lowest BCUT2D eigenvalue weighted by Crippen LogP contribution is -2.13. The highest BCUT2D eigenvalue weighted by Crippen LogP contribution is 2.48. The topological polar surface area (TPSA) is 0 Å². The Morgan fingerprint density at radius 1 is 1.14 bits per heavy atom. The third-order valence-electron chi connectivity index (χ3n) is 3.34. The molecule has 0 spiro atoms. The van der Waals surface area contributed by atoms with Gasteiger partial charge in [-0.25, -0.2) is 0 Å². The molecular formula is C14H26. The van der Waals surface area contributed by atoms with Crippen molar-refractivity contribution in [3.05, 3.63) is 24.3 Å². The van der Waals surface area contributed by atoms with Crippen molar-refractivity contribution in [1.82, 2.24) is 0 Å². The van der Waals surface area contributed by atoms with E-state index in [1.54, 1.807) is 0 Å². The van der Waals surface area contributed by atoms with Crippen LogP contribution in [0, 0.1) is 23.7 Å². The van der Waals surface area contributed by atoms with Gasteiger partial charge in [-0.15, -0.1) is 0 Å². The summed E-state index contributed by atoms with van der Waals surface area (Å²) < 4.78 is 0. The molecule has 0 aromatic carbocycles. The summed E-state index contributed by atoms with van der Waals surface area (Å²) in [6.45, 7) is 8.52. The van der Waals surface area contributed by atoms with E-state index in [9.17, 15) is 0 Å². The monoisotopic (exact) mass is 194 g/mol. The van der Waals surface area contributed by atoms with Crippen LogP contribution in [-0.2, 0) is 0 Å². The van der Waals surface area contributed by atoms with Gasteiger partial charge in [0.05, 0.1) is 0 Å². The molecule has 0 aromatic rings. The number of rotatable bonds is 1. The molecule has 14 heavy (non-hydrogen) atoms. The zero-order valence-corrected chi connectivity index (χ0v) is 9.33. The van der Waals surface area contributed by atoms with Gasteiger partial charge in [-0.1, -0.05) is 52.5 Å². The summed E-state index contributed by atoms with van der Waals surface area (Å²) in [5.74, 6) is 3.49. The fourth-order valence-corrected chi connectivity index (χ4v) is 2.65. The Labute approximate surface area is 90.1 Å². The number of hydrogen-bond donors (Lipinski definition) is 0. The standard InChI is InChI=1S/C11H16.C2H6.CH4/c1-3-4-11-8(2)9-5-6-10(11)7-9;1-2;/h3-6,8-11H,7H2,1-2H3;1-2H3;1H4/b4-3-;;. The fraction of sp³-hybridized carbons (Fsp3) is 0.714. The summed E-state index contributed by atoms with van der Waals surface area (Å²) in [7, 11) is 0. The minimum absolute atomic E-state index is 0. The van der Waals surface area contributed by atoms with Crippen molar-refractivity contribution in [2.45, 2.75) is 41.5 Å². The smallest absolute Gasteiger partial charge is 0.0139 e. The molecule has 2 bridgehead atoms. The van der Waals surface area contributed by atoms with Gasteiger partial charge in [-0.3, -0.25) is 0 Å².